The molecule has 114 valence electrons. The smallest absolute Gasteiger partial charge is 0.308 e. The van der Waals surface area contributed by atoms with Gasteiger partial charge in [-0.15, -0.1) is 0 Å². The van der Waals surface area contributed by atoms with Crippen LogP contribution < -0.4 is 5.32 Å². The lowest BCUT2D eigenvalue weighted by atomic mass is 10.1. The SMILES string of the molecule is C[C@H](CNC(=O)[C@H]1CCCN1Cc1ccccc1)C(=O)O. The van der Waals surface area contributed by atoms with E-state index in [9.17, 15) is 9.59 Å². The second kappa shape index (κ2) is 7.22. The highest BCUT2D eigenvalue weighted by atomic mass is 16.4. The van der Waals surface area contributed by atoms with Gasteiger partial charge in [0.25, 0.3) is 0 Å². The van der Waals surface area contributed by atoms with E-state index >= 15 is 0 Å². The molecule has 2 atom stereocenters. The van der Waals surface area contributed by atoms with Gasteiger partial charge in [0.2, 0.25) is 5.91 Å². The fourth-order valence-electron chi connectivity index (χ4n) is 2.59. The molecule has 0 radical (unpaired) electrons. The molecule has 1 aliphatic heterocycles. The molecule has 0 saturated carbocycles. The standard InChI is InChI=1S/C16H22N2O3/c1-12(16(20)21)10-17-15(19)14-8-5-9-18(14)11-13-6-3-2-4-7-13/h2-4,6-7,12,14H,5,8-11H2,1H3,(H,17,19)(H,20,21)/t12-,14-/m1/s1. The Hall–Kier alpha value is -1.88. The largest absolute Gasteiger partial charge is 0.481 e. The number of nitrogens with zero attached hydrogens (tertiary/aromatic N) is 1. The summed E-state index contributed by atoms with van der Waals surface area (Å²) in [5.74, 6) is -1.50. The number of carboxylic acids is 1. The van der Waals surface area contributed by atoms with Gasteiger partial charge in [0.15, 0.2) is 0 Å². The Balaban J connectivity index is 1.89. The Morgan fingerprint density at radius 1 is 1.38 bits per heavy atom. The van der Waals surface area contributed by atoms with Gasteiger partial charge >= 0.3 is 5.97 Å². The number of carbonyl (C=O) groups is 2. The van der Waals surface area contributed by atoms with E-state index in [0.717, 1.165) is 25.9 Å². The molecule has 1 amide bonds. The lowest BCUT2D eigenvalue weighted by molar-refractivity contribution is -0.141. The van der Waals surface area contributed by atoms with Gasteiger partial charge in [-0.3, -0.25) is 14.5 Å². The molecule has 21 heavy (non-hydrogen) atoms. The van der Waals surface area contributed by atoms with Crippen LogP contribution in [0.3, 0.4) is 0 Å². The van der Waals surface area contributed by atoms with Crippen LogP contribution in [0, 0.1) is 5.92 Å². The van der Waals surface area contributed by atoms with Crippen molar-refractivity contribution in [3.63, 3.8) is 0 Å². The summed E-state index contributed by atoms with van der Waals surface area (Å²) in [7, 11) is 0. The summed E-state index contributed by atoms with van der Waals surface area (Å²) in [6, 6.07) is 9.93. The molecule has 0 aliphatic carbocycles. The van der Waals surface area contributed by atoms with Gasteiger partial charge in [-0.1, -0.05) is 37.3 Å². The van der Waals surface area contributed by atoms with Crippen LogP contribution in [-0.4, -0.2) is 41.0 Å². The molecule has 0 unspecified atom stereocenters. The molecule has 1 fully saturated rings. The van der Waals surface area contributed by atoms with Gasteiger partial charge in [-0.25, -0.2) is 0 Å². The Bertz CT molecular complexity index is 490. The average Bonchev–Trinajstić information content (AvgIpc) is 2.93. The highest BCUT2D eigenvalue weighted by molar-refractivity contribution is 5.82. The lowest BCUT2D eigenvalue weighted by Crippen LogP contribution is -2.44. The topological polar surface area (TPSA) is 69.6 Å². The van der Waals surface area contributed by atoms with E-state index in [-0.39, 0.29) is 18.5 Å². The van der Waals surface area contributed by atoms with Crippen LogP contribution in [0.15, 0.2) is 30.3 Å². The van der Waals surface area contributed by atoms with Crippen LogP contribution in [0.5, 0.6) is 0 Å². The quantitative estimate of drug-likeness (QED) is 0.833. The summed E-state index contributed by atoms with van der Waals surface area (Å²) in [5.41, 5.74) is 1.19. The number of rotatable bonds is 6. The Morgan fingerprint density at radius 2 is 2.10 bits per heavy atom. The Kier molecular flexibility index (Phi) is 5.33. The highest BCUT2D eigenvalue weighted by Gasteiger charge is 2.30. The predicted octanol–water partition coefficient (Wildman–Crippen LogP) is 1.49. The molecule has 2 N–H and O–H groups in total. The van der Waals surface area contributed by atoms with Gasteiger partial charge in [-0.05, 0) is 24.9 Å². The maximum absolute atomic E-state index is 12.2. The zero-order chi connectivity index (χ0) is 15.2. The first-order valence-electron chi connectivity index (χ1n) is 7.36. The van der Waals surface area contributed by atoms with Crippen molar-refractivity contribution in [2.75, 3.05) is 13.1 Å². The summed E-state index contributed by atoms with van der Waals surface area (Å²) < 4.78 is 0. The minimum absolute atomic E-state index is 0.0588. The van der Waals surface area contributed by atoms with Crippen molar-refractivity contribution in [1.29, 1.82) is 0 Å². The average molecular weight is 290 g/mol. The van der Waals surface area contributed by atoms with Crippen LogP contribution in [0.25, 0.3) is 0 Å². The second-order valence-corrected chi connectivity index (χ2v) is 5.60. The molecule has 0 bridgehead atoms. The zero-order valence-corrected chi connectivity index (χ0v) is 12.3. The van der Waals surface area contributed by atoms with Crippen molar-refractivity contribution in [1.82, 2.24) is 10.2 Å². The third-order valence-electron chi connectivity index (χ3n) is 3.90. The normalized spacial score (nSPS) is 20.1. The van der Waals surface area contributed by atoms with Crippen molar-refractivity contribution in [3.8, 4) is 0 Å². The first kappa shape index (κ1) is 15.5. The van der Waals surface area contributed by atoms with E-state index in [1.165, 1.54) is 5.56 Å². The third kappa shape index (κ3) is 4.29. The van der Waals surface area contributed by atoms with Gasteiger partial charge in [0.1, 0.15) is 0 Å². The summed E-state index contributed by atoms with van der Waals surface area (Å²) in [4.78, 5) is 25.2. The maximum Gasteiger partial charge on any atom is 0.308 e. The predicted molar refractivity (Wildman–Crippen MR) is 79.7 cm³/mol. The number of amides is 1. The number of hydrogen-bond donors (Lipinski definition) is 2. The summed E-state index contributed by atoms with van der Waals surface area (Å²) in [6.07, 6.45) is 1.83. The molecule has 1 aromatic carbocycles. The van der Waals surface area contributed by atoms with E-state index < -0.39 is 11.9 Å². The first-order chi connectivity index (χ1) is 10.1. The van der Waals surface area contributed by atoms with Gasteiger partial charge in [-0.2, -0.15) is 0 Å². The number of nitrogens with one attached hydrogen (secondary N) is 1. The fourth-order valence-corrected chi connectivity index (χ4v) is 2.59. The maximum atomic E-state index is 12.2. The molecule has 1 heterocycles. The summed E-state index contributed by atoms with van der Waals surface area (Å²) >= 11 is 0. The minimum atomic E-state index is -0.886. The van der Waals surface area contributed by atoms with Gasteiger partial charge in [0, 0.05) is 13.1 Å². The van der Waals surface area contributed by atoms with Crippen LogP contribution in [0.1, 0.15) is 25.3 Å². The van der Waals surface area contributed by atoms with Gasteiger partial charge in [0.05, 0.1) is 12.0 Å². The van der Waals surface area contributed by atoms with Crippen molar-refractivity contribution in [2.45, 2.75) is 32.4 Å². The lowest BCUT2D eigenvalue weighted by Gasteiger charge is -2.24. The summed E-state index contributed by atoms with van der Waals surface area (Å²) in [5, 5.41) is 11.6. The van der Waals surface area contributed by atoms with E-state index in [4.69, 9.17) is 5.11 Å². The van der Waals surface area contributed by atoms with E-state index in [1.807, 2.05) is 18.2 Å². The molecule has 5 nitrogen and oxygen atoms in total. The number of benzene rings is 1. The Labute approximate surface area is 125 Å². The molecule has 0 aromatic heterocycles. The van der Waals surface area contributed by atoms with E-state index in [0.29, 0.717) is 0 Å². The monoisotopic (exact) mass is 290 g/mol. The molecular weight excluding hydrogens is 268 g/mol. The highest BCUT2D eigenvalue weighted by Crippen LogP contribution is 2.20. The number of aliphatic carboxylic acids is 1. The number of likely N-dealkylation sites (tertiary alicyclic amines) is 1. The Morgan fingerprint density at radius 3 is 2.76 bits per heavy atom. The molecule has 1 aliphatic rings. The number of carbonyl (C=O) groups excluding carboxylic acids is 1. The van der Waals surface area contributed by atoms with Crippen LogP contribution in [-0.2, 0) is 16.1 Å². The minimum Gasteiger partial charge on any atom is -0.481 e. The molecule has 5 heteroatoms. The molecule has 0 spiro atoms. The molecule has 1 saturated heterocycles. The zero-order valence-electron chi connectivity index (χ0n) is 12.3. The van der Waals surface area contributed by atoms with Crippen LogP contribution in [0.2, 0.25) is 0 Å². The molecule has 1 aromatic rings. The molecule has 2 rings (SSSR count). The third-order valence-corrected chi connectivity index (χ3v) is 3.90. The van der Waals surface area contributed by atoms with Crippen molar-refractivity contribution >= 4 is 11.9 Å². The van der Waals surface area contributed by atoms with Crippen molar-refractivity contribution in [2.24, 2.45) is 5.92 Å². The number of hydrogen-bond acceptors (Lipinski definition) is 3. The van der Waals surface area contributed by atoms with Crippen molar-refractivity contribution < 1.29 is 14.7 Å². The van der Waals surface area contributed by atoms with E-state index in [2.05, 4.69) is 22.3 Å². The fraction of sp³-hybridized carbons (Fsp3) is 0.500. The van der Waals surface area contributed by atoms with Crippen molar-refractivity contribution in [3.05, 3.63) is 35.9 Å². The van der Waals surface area contributed by atoms with Gasteiger partial charge < -0.3 is 10.4 Å². The van der Waals surface area contributed by atoms with E-state index in [1.54, 1.807) is 6.92 Å². The van der Waals surface area contributed by atoms with Crippen LogP contribution in [0.4, 0.5) is 0 Å². The second-order valence-electron chi connectivity index (χ2n) is 5.60. The first-order valence-corrected chi connectivity index (χ1v) is 7.36. The van der Waals surface area contributed by atoms with Crippen LogP contribution >= 0.6 is 0 Å². The molecular formula is C16H22N2O3. The number of carboxylic acid groups (broad SMARTS) is 1. The summed E-state index contributed by atoms with van der Waals surface area (Å²) in [6.45, 7) is 3.44.